The Morgan fingerprint density at radius 2 is 2.08 bits per heavy atom. The molecule has 0 saturated carbocycles. The van der Waals surface area contributed by atoms with Gasteiger partial charge in [0.25, 0.3) is 0 Å². The Morgan fingerprint density at radius 1 is 1.33 bits per heavy atom. The summed E-state index contributed by atoms with van der Waals surface area (Å²) in [5.41, 5.74) is 1.67. The van der Waals surface area contributed by atoms with Crippen molar-refractivity contribution in [2.75, 3.05) is 20.3 Å². The summed E-state index contributed by atoms with van der Waals surface area (Å²) in [6.07, 6.45) is 0.766. The highest BCUT2D eigenvalue weighted by atomic mass is 16.5. The number of fused-ring (bicyclic) bond motifs is 1. The molecule has 2 rings (SSSR count). The van der Waals surface area contributed by atoms with Gasteiger partial charge in [0.1, 0.15) is 12.4 Å². The molecule has 130 valence electrons. The highest BCUT2D eigenvalue weighted by Crippen LogP contribution is 2.20. The molecule has 7 nitrogen and oxygen atoms in total. The lowest BCUT2D eigenvalue weighted by Gasteiger charge is -2.15. The molecule has 2 aromatic rings. The molecule has 24 heavy (non-hydrogen) atoms. The van der Waals surface area contributed by atoms with E-state index < -0.39 is 0 Å². The monoisotopic (exact) mass is 332 g/mol. The number of rotatable bonds is 8. The smallest absolute Gasteiger partial charge is 0.240 e. The van der Waals surface area contributed by atoms with Crippen molar-refractivity contribution in [3.05, 3.63) is 30.1 Å². The first-order chi connectivity index (χ1) is 11.5. The number of carbonyl (C=O) groups is 2. The lowest BCUT2D eigenvalue weighted by atomic mass is 10.3. The van der Waals surface area contributed by atoms with Crippen LogP contribution in [0, 0.1) is 0 Å². The van der Waals surface area contributed by atoms with E-state index in [9.17, 15) is 9.59 Å². The third-order valence-electron chi connectivity index (χ3n) is 3.64. The van der Waals surface area contributed by atoms with Crippen molar-refractivity contribution in [2.24, 2.45) is 0 Å². The topological polar surface area (TPSA) is 85.2 Å². The molecule has 2 amide bonds. The average molecular weight is 332 g/mol. The molecule has 0 aliphatic heterocycles. The second kappa shape index (κ2) is 8.44. The summed E-state index contributed by atoms with van der Waals surface area (Å²) < 4.78 is 6.82. The Balaban J connectivity index is 2.19. The maximum absolute atomic E-state index is 12.2. The van der Waals surface area contributed by atoms with Crippen molar-refractivity contribution in [1.82, 2.24) is 20.2 Å². The SMILES string of the molecule is COCCCNC(=O)Cn1c(C(C)NC(C)=O)nc2ccccc21. The fourth-order valence-corrected chi connectivity index (χ4v) is 2.60. The lowest BCUT2D eigenvalue weighted by molar-refractivity contribution is -0.121. The van der Waals surface area contributed by atoms with Gasteiger partial charge >= 0.3 is 0 Å². The van der Waals surface area contributed by atoms with Gasteiger partial charge in [-0.2, -0.15) is 0 Å². The first kappa shape index (κ1) is 17.9. The molecule has 1 aromatic heterocycles. The molecule has 0 spiro atoms. The number of imidazole rings is 1. The van der Waals surface area contributed by atoms with Crippen molar-refractivity contribution in [3.8, 4) is 0 Å². The van der Waals surface area contributed by atoms with Crippen LogP contribution in [0.5, 0.6) is 0 Å². The van der Waals surface area contributed by atoms with Crippen molar-refractivity contribution in [1.29, 1.82) is 0 Å². The van der Waals surface area contributed by atoms with Gasteiger partial charge in [-0.1, -0.05) is 12.1 Å². The van der Waals surface area contributed by atoms with Gasteiger partial charge < -0.3 is 19.9 Å². The summed E-state index contributed by atoms with van der Waals surface area (Å²) in [6.45, 7) is 4.66. The van der Waals surface area contributed by atoms with Gasteiger partial charge in [-0.25, -0.2) is 4.98 Å². The van der Waals surface area contributed by atoms with Crippen LogP contribution in [0.1, 0.15) is 32.1 Å². The number of nitrogens with zero attached hydrogens (tertiary/aromatic N) is 2. The van der Waals surface area contributed by atoms with Crippen LogP contribution in [-0.4, -0.2) is 41.6 Å². The van der Waals surface area contributed by atoms with Gasteiger partial charge in [0.15, 0.2) is 0 Å². The zero-order valence-electron chi connectivity index (χ0n) is 14.3. The Labute approximate surface area is 141 Å². The van der Waals surface area contributed by atoms with Crippen LogP contribution in [0.2, 0.25) is 0 Å². The molecular weight excluding hydrogens is 308 g/mol. The molecule has 1 aromatic carbocycles. The maximum atomic E-state index is 12.2. The largest absolute Gasteiger partial charge is 0.385 e. The number of amides is 2. The van der Waals surface area contributed by atoms with Crippen LogP contribution in [0.15, 0.2) is 24.3 Å². The summed E-state index contributed by atoms with van der Waals surface area (Å²) in [4.78, 5) is 28.1. The number of carbonyl (C=O) groups excluding carboxylic acids is 2. The lowest BCUT2D eigenvalue weighted by Crippen LogP contribution is -2.31. The summed E-state index contributed by atoms with van der Waals surface area (Å²) >= 11 is 0. The van der Waals surface area contributed by atoms with E-state index in [1.54, 1.807) is 7.11 Å². The van der Waals surface area contributed by atoms with E-state index in [0.717, 1.165) is 17.5 Å². The Morgan fingerprint density at radius 3 is 2.79 bits per heavy atom. The number of para-hydroxylation sites is 2. The van der Waals surface area contributed by atoms with Gasteiger partial charge in [-0.3, -0.25) is 9.59 Å². The maximum Gasteiger partial charge on any atom is 0.240 e. The van der Waals surface area contributed by atoms with Crippen LogP contribution in [0.25, 0.3) is 11.0 Å². The molecule has 7 heteroatoms. The van der Waals surface area contributed by atoms with Crippen molar-refractivity contribution in [3.63, 3.8) is 0 Å². The number of hydrogen-bond donors (Lipinski definition) is 2. The molecule has 0 bridgehead atoms. The molecule has 1 atom stereocenters. The molecule has 0 aliphatic carbocycles. The normalized spacial score (nSPS) is 12.1. The molecular formula is C17H24N4O3. The fraction of sp³-hybridized carbons (Fsp3) is 0.471. The van der Waals surface area contributed by atoms with Gasteiger partial charge in [-0.05, 0) is 25.5 Å². The summed E-state index contributed by atoms with van der Waals surface area (Å²) in [6, 6.07) is 7.34. The van der Waals surface area contributed by atoms with E-state index in [0.29, 0.717) is 19.0 Å². The zero-order valence-corrected chi connectivity index (χ0v) is 14.3. The van der Waals surface area contributed by atoms with Crippen molar-refractivity contribution < 1.29 is 14.3 Å². The second-order valence-corrected chi connectivity index (χ2v) is 5.66. The van der Waals surface area contributed by atoms with Crippen molar-refractivity contribution in [2.45, 2.75) is 32.9 Å². The Hall–Kier alpha value is -2.41. The van der Waals surface area contributed by atoms with Gasteiger partial charge in [-0.15, -0.1) is 0 Å². The van der Waals surface area contributed by atoms with Crippen LogP contribution < -0.4 is 10.6 Å². The zero-order chi connectivity index (χ0) is 17.5. The Kier molecular flexibility index (Phi) is 6.31. The van der Waals surface area contributed by atoms with Crippen LogP contribution in [0.3, 0.4) is 0 Å². The quantitative estimate of drug-likeness (QED) is 0.715. The minimum absolute atomic E-state index is 0.0921. The first-order valence-electron chi connectivity index (χ1n) is 8.00. The predicted octanol–water partition coefficient (Wildman–Crippen LogP) is 1.39. The standard InChI is InChI=1S/C17H24N4O3/c1-12(19-13(2)22)17-20-14-7-4-5-8-15(14)21(17)11-16(23)18-9-6-10-24-3/h4-5,7-8,12H,6,9-11H2,1-3H3,(H,18,23)(H,19,22). The molecule has 0 saturated heterocycles. The van der Waals surface area contributed by atoms with Gasteiger partial charge in [0.05, 0.1) is 17.1 Å². The number of nitrogens with one attached hydrogen (secondary N) is 2. The number of aromatic nitrogens is 2. The van der Waals surface area contributed by atoms with E-state index in [1.165, 1.54) is 6.92 Å². The minimum atomic E-state index is -0.281. The van der Waals surface area contributed by atoms with E-state index in [-0.39, 0.29) is 24.4 Å². The minimum Gasteiger partial charge on any atom is -0.385 e. The molecule has 1 heterocycles. The summed E-state index contributed by atoms with van der Waals surface area (Å²) in [5.74, 6) is 0.439. The third-order valence-corrected chi connectivity index (χ3v) is 3.64. The fourth-order valence-electron chi connectivity index (χ4n) is 2.60. The van der Waals surface area contributed by atoms with Gasteiger partial charge in [0, 0.05) is 27.2 Å². The van der Waals surface area contributed by atoms with Crippen LogP contribution >= 0.6 is 0 Å². The van der Waals surface area contributed by atoms with E-state index in [4.69, 9.17) is 4.74 Å². The molecule has 0 aliphatic rings. The van der Waals surface area contributed by atoms with Crippen LogP contribution in [-0.2, 0) is 20.9 Å². The van der Waals surface area contributed by atoms with Crippen LogP contribution in [0.4, 0.5) is 0 Å². The third kappa shape index (κ3) is 4.55. The molecule has 1 unspecified atom stereocenters. The van der Waals surface area contributed by atoms with E-state index >= 15 is 0 Å². The highest BCUT2D eigenvalue weighted by Gasteiger charge is 2.18. The van der Waals surface area contributed by atoms with Gasteiger partial charge in [0.2, 0.25) is 11.8 Å². The number of ether oxygens (including phenoxy) is 1. The van der Waals surface area contributed by atoms with E-state index in [2.05, 4.69) is 15.6 Å². The Bertz CT molecular complexity index is 711. The number of benzene rings is 1. The average Bonchev–Trinajstić information content (AvgIpc) is 2.90. The predicted molar refractivity (Wildman–Crippen MR) is 91.5 cm³/mol. The van der Waals surface area contributed by atoms with E-state index in [1.807, 2.05) is 35.8 Å². The summed E-state index contributed by atoms with van der Waals surface area (Å²) in [7, 11) is 1.63. The molecule has 2 N–H and O–H groups in total. The second-order valence-electron chi connectivity index (χ2n) is 5.66. The number of hydrogen-bond acceptors (Lipinski definition) is 4. The van der Waals surface area contributed by atoms with Crippen molar-refractivity contribution >= 4 is 22.8 Å². The first-order valence-corrected chi connectivity index (χ1v) is 8.00. The molecule has 0 radical (unpaired) electrons. The highest BCUT2D eigenvalue weighted by molar-refractivity contribution is 5.81. The molecule has 0 fully saturated rings. The summed E-state index contributed by atoms with van der Waals surface area (Å²) in [5, 5.41) is 5.70. The number of methoxy groups -OCH3 is 1.